The molecule has 2 aromatic carbocycles. The number of likely N-dealkylation sites (tertiary alicyclic amines) is 1. The average Bonchev–Trinajstić information content (AvgIpc) is 3.30. The third-order valence-electron chi connectivity index (χ3n) is 7.31. The van der Waals surface area contributed by atoms with Crippen molar-refractivity contribution < 1.29 is 9.53 Å². The van der Waals surface area contributed by atoms with Crippen molar-refractivity contribution in [3.05, 3.63) is 65.9 Å². The summed E-state index contributed by atoms with van der Waals surface area (Å²) < 4.78 is 6.17. The van der Waals surface area contributed by atoms with E-state index in [1.807, 2.05) is 18.9 Å². The summed E-state index contributed by atoms with van der Waals surface area (Å²) in [6.45, 7) is 5.34. The van der Waals surface area contributed by atoms with E-state index in [1.54, 1.807) is 12.2 Å². The number of aromatic nitrogens is 2. The number of ether oxygens (including phenoxy) is 1. The maximum absolute atomic E-state index is 12.4. The van der Waals surface area contributed by atoms with Crippen LogP contribution in [-0.2, 0) is 17.8 Å². The van der Waals surface area contributed by atoms with E-state index >= 15 is 0 Å². The Balaban J connectivity index is 1.46. The van der Waals surface area contributed by atoms with Gasteiger partial charge in [0.05, 0.1) is 18.8 Å². The largest absolute Gasteiger partial charge is 0.462 e. The molecule has 3 aromatic rings. The molecule has 1 atom stereocenters. The van der Waals surface area contributed by atoms with Crippen LogP contribution in [0.3, 0.4) is 0 Å². The maximum atomic E-state index is 12.4. The molecular weight excluding hydrogens is 450 g/mol. The van der Waals surface area contributed by atoms with Gasteiger partial charge in [-0.1, -0.05) is 42.5 Å². The van der Waals surface area contributed by atoms with E-state index in [-0.39, 0.29) is 12.3 Å². The molecular formula is C29H35N5O2. The molecule has 0 aliphatic carbocycles. The van der Waals surface area contributed by atoms with E-state index < -0.39 is 0 Å². The summed E-state index contributed by atoms with van der Waals surface area (Å²) >= 11 is 0. The molecule has 1 fully saturated rings. The van der Waals surface area contributed by atoms with E-state index in [1.165, 1.54) is 22.9 Å². The standard InChI is InChI=1S/C29H35N5O2/c1-4-9-23(35)18-33(3)28-25-15-17-34(27-14-7-11-21-10-5-6-13-24(21)27)19-26(25)30-29(31-28)36-20-22-12-8-16-32(22)2/h4-7,9-11,13-14,22H,8,12,15-20H2,1-3H3/b9-4-/t22-/m0/s1. The fraction of sp³-hybridized carbons (Fsp3) is 0.414. The summed E-state index contributed by atoms with van der Waals surface area (Å²) in [5, 5.41) is 2.48. The number of benzene rings is 2. The Bertz CT molecular complexity index is 1270. The third kappa shape index (κ3) is 5.07. The Labute approximate surface area is 213 Å². The van der Waals surface area contributed by atoms with E-state index in [4.69, 9.17) is 14.7 Å². The number of ketones is 1. The van der Waals surface area contributed by atoms with Crippen molar-refractivity contribution in [2.45, 2.75) is 38.8 Å². The quantitative estimate of drug-likeness (QED) is 0.442. The van der Waals surface area contributed by atoms with E-state index in [9.17, 15) is 4.79 Å². The van der Waals surface area contributed by atoms with Gasteiger partial charge in [0.25, 0.3) is 0 Å². The molecule has 7 nitrogen and oxygen atoms in total. The van der Waals surface area contributed by atoms with Crippen LogP contribution in [0, 0.1) is 0 Å². The van der Waals surface area contributed by atoms with Crippen LogP contribution >= 0.6 is 0 Å². The molecule has 0 saturated carbocycles. The van der Waals surface area contributed by atoms with Gasteiger partial charge in [-0.2, -0.15) is 9.97 Å². The highest BCUT2D eigenvalue weighted by molar-refractivity contribution is 5.94. The van der Waals surface area contributed by atoms with Gasteiger partial charge in [-0.15, -0.1) is 0 Å². The van der Waals surface area contributed by atoms with Gasteiger partial charge in [0.1, 0.15) is 12.4 Å². The lowest BCUT2D eigenvalue weighted by Gasteiger charge is -2.33. The zero-order valence-electron chi connectivity index (χ0n) is 21.5. The predicted octanol–water partition coefficient (Wildman–Crippen LogP) is 4.25. The van der Waals surface area contributed by atoms with Crippen LogP contribution in [0.4, 0.5) is 11.5 Å². The van der Waals surface area contributed by atoms with Crippen LogP contribution in [0.2, 0.25) is 0 Å². The summed E-state index contributed by atoms with van der Waals surface area (Å²) in [7, 11) is 4.07. The first-order valence-corrected chi connectivity index (χ1v) is 12.9. The van der Waals surface area contributed by atoms with Gasteiger partial charge in [0.15, 0.2) is 5.78 Å². The molecule has 2 aliphatic rings. The van der Waals surface area contributed by atoms with Crippen molar-refractivity contribution in [2.75, 3.05) is 50.1 Å². The van der Waals surface area contributed by atoms with Crippen molar-refractivity contribution in [2.24, 2.45) is 0 Å². The third-order valence-corrected chi connectivity index (χ3v) is 7.31. The normalized spacial score (nSPS) is 18.1. The van der Waals surface area contributed by atoms with Gasteiger partial charge in [-0.25, -0.2) is 0 Å². The Morgan fingerprint density at radius 2 is 2.00 bits per heavy atom. The molecule has 1 aromatic heterocycles. The van der Waals surface area contributed by atoms with Crippen LogP contribution in [0.25, 0.3) is 10.8 Å². The van der Waals surface area contributed by atoms with Crippen molar-refractivity contribution >= 4 is 28.1 Å². The molecule has 7 heteroatoms. The number of carbonyl (C=O) groups excluding carboxylic acids is 1. The molecule has 5 rings (SSSR count). The van der Waals surface area contributed by atoms with E-state index in [0.29, 0.717) is 25.2 Å². The highest BCUT2D eigenvalue weighted by Crippen LogP contribution is 2.33. The number of nitrogens with zero attached hydrogens (tertiary/aromatic N) is 5. The average molecular weight is 486 g/mol. The first kappa shape index (κ1) is 24.3. The molecule has 0 unspecified atom stereocenters. The number of rotatable bonds is 8. The highest BCUT2D eigenvalue weighted by atomic mass is 16.5. The number of carbonyl (C=O) groups is 1. The van der Waals surface area contributed by atoms with Crippen LogP contribution < -0.4 is 14.5 Å². The first-order chi connectivity index (χ1) is 17.5. The number of allylic oxidation sites excluding steroid dienone is 1. The van der Waals surface area contributed by atoms with Gasteiger partial charge < -0.3 is 19.4 Å². The van der Waals surface area contributed by atoms with Crippen LogP contribution in [0.5, 0.6) is 6.01 Å². The monoisotopic (exact) mass is 485 g/mol. The zero-order valence-corrected chi connectivity index (χ0v) is 21.5. The minimum absolute atomic E-state index is 0.0515. The minimum atomic E-state index is 0.0515. The van der Waals surface area contributed by atoms with Crippen molar-refractivity contribution in [3.63, 3.8) is 0 Å². The van der Waals surface area contributed by atoms with E-state index in [0.717, 1.165) is 43.0 Å². The van der Waals surface area contributed by atoms with Crippen LogP contribution in [0.1, 0.15) is 31.0 Å². The van der Waals surface area contributed by atoms with E-state index in [2.05, 4.69) is 59.3 Å². The zero-order chi connectivity index (χ0) is 25.1. The fourth-order valence-electron chi connectivity index (χ4n) is 5.37. The summed E-state index contributed by atoms with van der Waals surface area (Å²) in [5.74, 6) is 0.848. The van der Waals surface area contributed by atoms with Crippen molar-refractivity contribution in [1.82, 2.24) is 14.9 Å². The van der Waals surface area contributed by atoms with Crippen molar-refractivity contribution in [1.29, 1.82) is 0 Å². The smallest absolute Gasteiger partial charge is 0.318 e. The van der Waals surface area contributed by atoms with Gasteiger partial charge >= 0.3 is 6.01 Å². The second kappa shape index (κ2) is 10.7. The highest BCUT2D eigenvalue weighted by Gasteiger charge is 2.27. The molecule has 0 spiro atoms. The molecule has 0 amide bonds. The SMILES string of the molecule is C/C=C\C(=O)CN(C)c1nc(OC[C@@H]2CCCN2C)nc2c1CCN(c1cccc3ccccc13)C2. The Kier molecular flexibility index (Phi) is 7.18. The van der Waals surface area contributed by atoms with Gasteiger partial charge in [-0.05, 0) is 57.3 Å². The molecule has 0 N–H and O–H groups in total. The molecule has 0 radical (unpaired) electrons. The molecule has 2 aliphatic heterocycles. The Hall–Kier alpha value is -3.45. The lowest BCUT2D eigenvalue weighted by atomic mass is 10.0. The molecule has 188 valence electrons. The Morgan fingerprint density at radius 3 is 2.81 bits per heavy atom. The number of hydrogen-bond acceptors (Lipinski definition) is 7. The molecule has 3 heterocycles. The summed E-state index contributed by atoms with van der Waals surface area (Å²) in [4.78, 5) is 28.7. The fourth-order valence-corrected chi connectivity index (χ4v) is 5.37. The van der Waals surface area contributed by atoms with Crippen LogP contribution in [0.15, 0.2) is 54.6 Å². The predicted molar refractivity (Wildman–Crippen MR) is 145 cm³/mol. The molecule has 36 heavy (non-hydrogen) atoms. The molecule has 1 saturated heterocycles. The number of hydrogen-bond donors (Lipinski definition) is 0. The second-order valence-corrected chi connectivity index (χ2v) is 9.83. The number of likely N-dealkylation sites (N-methyl/N-ethyl adjacent to an activating group) is 2. The summed E-state index contributed by atoms with van der Waals surface area (Å²) in [6, 6.07) is 15.7. The number of fused-ring (bicyclic) bond motifs is 2. The lowest BCUT2D eigenvalue weighted by molar-refractivity contribution is -0.113. The maximum Gasteiger partial charge on any atom is 0.318 e. The van der Waals surface area contributed by atoms with Gasteiger partial charge in [-0.3, -0.25) is 4.79 Å². The molecule has 0 bridgehead atoms. The second-order valence-electron chi connectivity index (χ2n) is 9.83. The Morgan fingerprint density at radius 1 is 1.17 bits per heavy atom. The minimum Gasteiger partial charge on any atom is -0.462 e. The van der Waals surface area contributed by atoms with Gasteiger partial charge in [0, 0.05) is 36.3 Å². The summed E-state index contributed by atoms with van der Waals surface area (Å²) in [6.07, 6.45) is 6.51. The van der Waals surface area contributed by atoms with Crippen LogP contribution in [-0.4, -0.2) is 67.0 Å². The van der Waals surface area contributed by atoms with Gasteiger partial charge in [0.2, 0.25) is 0 Å². The summed E-state index contributed by atoms with van der Waals surface area (Å²) in [5.41, 5.74) is 3.29. The lowest BCUT2D eigenvalue weighted by Crippen LogP contribution is -2.35. The first-order valence-electron chi connectivity index (χ1n) is 12.9. The number of anilines is 2. The van der Waals surface area contributed by atoms with Crippen molar-refractivity contribution in [3.8, 4) is 6.01 Å². The topological polar surface area (TPSA) is 61.8 Å².